The molecule has 0 saturated heterocycles. The van der Waals surface area contributed by atoms with Gasteiger partial charge in [-0.05, 0) is 50.7 Å². The van der Waals surface area contributed by atoms with Crippen molar-refractivity contribution >= 4 is 33.8 Å². The minimum atomic E-state index is -1.34. The van der Waals surface area contributed by atoms with E-state index < -0.39 is 23.5 Å². The molecule has 1 amide bonds. The second-order valence-corrected chi connectivity index (χ2v) is 8.89. The number of hydrogen-bond acceptors (Lipinski definition) is 6. The fourth-order valence-electron chi connectivity index (χ4n) is 4.68. The number of fused-ring (bicyclic) bond motifs is 4. The van der Waals surface area contributed by atoms with Crippen LogP contribution in [0.4, 0.5) is 0 Å². The van der Waals surface area contributed by atoms with Gasteiger partial charge in [-0.25, -0.2) is 4.79 Å². The number of aliphatic carboxylic acids is 1. The van der Waals surface area contributed by atoms with Crippen molar-refractivity contribution < 1.29 is 23.5 Å². The van der Waals surface area contributed by atoms with Crippen molar-refractivity contribution in [2.75, 3.05) is 0 Å². The van der Waals surface area contributed by atoms with Gasteiger partial charge in [-0.2, -0.15) is 0 Å². The van der Waals surface area contributed by atoms with Gasteiger partial charge in [0, 0.05) is 28.3 Å². The molecule has 1 aromatic carbocycles. The first kappa shape index (κ1) is 22.1. The number of benzene rings is 1. The summed E-state index contributed by atoms with van der Waals surface area (Å²) >= 11 is 0. The van der Waals surface area contributed by atoms with Crippen LogP contribution in [-0.2, 0) is 28.9 Å². The van der Waals surface area contributed by atoms with Crippen LogP contribution in [0.3, 0.4) is 0 Å². The normalized spacial score (nSPS) is 15.5. The lowest BCUT2D eigenvalue weighted by atomic mass is 9.93. The van der Waals surface area contributed by atoms with Crippen LogP contribution in [0.25, 0.3) is 21.9 Å². The third kappa shape index (κ3) is 3.70. The zero-order valence-corrected chi connectivity index (χ0v) is 18.9. The summed E-state index contributed by atoms with van der Waals surface area (Å²) in [4.78, 5) is 36.8. The number of carboxylic acids is 1. The van der Waals surface area contributed by atoms with Crippen molar-refractivity contribution in [3.05, 3.63) is 44.5 Å². The van der Waals surface area contributed by atoms with Crippen LogP contribution < -0.4 is 16.0 Å². The predicted octanol–water partition coefficient (Wildman–Crippen LogP) is 2.86. The number of carbonyl (C=O) groups is 2. The molecule has 7 heteroatoms. The number of furan rings is 1. The largest absolute Gasteiger partial charge is 0.548 e. The molecular weight excluding hydrogens is 410 g/mol. The first-order valence-corrected chi connectivity index (χ1v) is 11.2. The van der Waals surface area contributed by atoms with Crippen LogP contribution in [0.2, 0.25) is 0 Å². The van der Waals surface area contributed by atoms with Gasteiger partial charge < -0.3 is 24.1 Å². The highest BCUT2D eigenvalue weighted by Gasteiger charge is 2.25. The van der Waals surface area contributed by atoms with E-state index in [0.717, 1.165) is 53.4 Å². The maximum absolute atomic E-state index is 12.8. The van der Waals surface area contributed by atoms with Gasteiger partial charge in [0.25, 0.3) is 0 Å². The topological polar surface area (TPSA) is 113 Å². The smallest absolute Gasteiger partial charge is 0.340 e. The number of carbonyl (C=O) groups excluding carboxylic acids is 2. The van der Waals surface area contributed by atoms with Crippen LogP contribution in [0.15, 0.2) is 19.7 Å². The van der Waals surface area contributed by atoms with E-state index in [4.69, 9.17) is 8.83 Å². The highest BCUT2D eigenvalue weighted by molar-refractivity contribution is 6.00. The summed E-state index contributed by atoms with van der Waals surface area (Å²) in [5.41, 5.74) is 3.49. The Balaban J connectivity index is 1.76. The van der Waals surface area contributed by atoms with Crippen molar-refractivity contribution in [3.63, 3.8) is 0 Å². The Hall–Kier alpha value is -3.09. The molecular formula is C25H28NO6-. The van der Waals surface area contributed by atoms with Gasteiger partial charge in [0.15, 0.2) is 0 Å². The van der Waals surface area contributed by atoms with Gasteiger partial charge in [-0.1, -0.05) is 20.3 Å². The van der Waals surface area contributed by atoms with Crippen LogP contribution in [0, 0.1) is 19.8 Å². The maximum Gasteiger partial charge on any atom is 0.340 e. The van der Waals surface area contributed by atoms with Gasteiger partial charge in [-0.15, -0.1) is 0 Å². The molecule has 4 rings (SSSR count). The van der Waals surface area contributed by atoms with E-state index in [9.17, 15) is 19.5 Å². The van der Waals surface area contributed by atoms with Gasteiger partial charge in [0.2, 0.25) is 5.91 Å². The van der Waals surface area contributed by atoms with Crippen LogP contribution in [-0.4, -0.2) is 17.9 Å². The van der Waals surface area contributed by atoms with Crippen LogP contribution in [0.5, 0.6) is 0 Å². The summed E-state index contributed by atoms with van der Waals surface area (Å²) in [7, 11) is 0. The summed E-state index contributed by atoms with van der Waals surface area (Å²) in [6.07, 6.45) is 4.39. The molecule has 3 aromatic rings. The molecule has 0 bridgehead atoms. The quantitative estimate of drug-likeness (QED) is 0.592. The predicted molar refractivity (Wildman–Crippen MR) is 118 cm³/mol. The van der Waals surface area contributed by atoms with Crippen LogP contribution >= 0.6 is 0 Å². The SMILES string of the molecule is CC[C@@H](C)[C@H](NC(=O)Cc1c(C)c2cc3c4c(oc3c(C)c2oc1=O)CCCC4)C(=O)[O-]. The lowest BCUT2D eigenvalue weighted by Crippen LogP contribution is -2.51. The van der Waals surface area contributed by atoms with E-state index in [1.807, 2.05) is 19.9 Å². The van der Waals surface area contributed by atoms with Crippen molar-refractivity contribution in [1.82, 2.24) is 5.32 Å². The lowest BCUT2D eigenvalue weighted by molar-refractivity contribution is -0.309. The molecule has 0 radical (unpaired) electrons. The van der Waals surface area contributed by atoms with Gasteiger partial charge in [0.1, 0.15) is 16.9 Å². The molecule has 1 N–H and O–H groups in total. The summed E-state index contributed by atoms with van der Waals surface area (Å²) in [6, 6.07) is 0.883. The second kappa shape index (κ2) is 8.45. The van der Waals surface area contributed by atoms with Gasteiger partial charge >= 0.3 is 5.63 Å². The van der Waals surface area contributed by atoms with Crippen molar-refractivity contribution in [2.45, 2.75) is 72.3 Å². The third-order valence-electron chi connectivity index (χ3n) is 6.85. The fourth-order valence-corrected chi connectivity index (χ4v) is 4.68. The highest BCUT2D eigenvalue weighted by Crippen LogP contribution is 2.37. The standard InChI is InChI=1S/C25H29NO6/c1-5-12(2)21(24(28)29)26-20(27)11-17-13(3)16-10-18-15-8-6-7-9-19(15)31-23(18)14(4)22(16)32-25(17)30/h10,12,21H,5-9,11H2,1-4H3,(H,26,27)(H,28,29)/p-1/t12-,21+/m1/s1. The van der Waals surface area contributed by atoms with E-state index in [0.29, 0.717) is 17.6 Å². The van der Waals surface area contributed by atoms with E-state index in [1.165, 1.54) is 5.56 Å². The average Bonchev–Trinajstić information content (AvgIpc) is 3.14. The lowest BCUT2D eigenvalue weighted by Gasteiger charge is -2.25. The number of rotatable bonds is 6. The second-order valence-electron chi connectivity index (χ2n) is 8.89. The van der Waals surface area contributed by atoms with Gasteiger partial charge in [0.05, 0.1) is 24.0 Å². The Morgan fingerprint density at radius 2 is 1.78 bits per heavy atom. The zero-order valence-electron chi connectivity index (χ0n) is 18.9. The van der Waals surface area contributed by atoms with Crippen molar-refractivity contribution in [1.29, 1.82) is 0 Å². The minimum absolute atomic E-state index is 0.229. The molecule has 1 aliphatic rings. The van der Waals surface area contributed by atoms with E-state index in [2.05, 4.69) is 5.32 Å². The third-order valence-corrected chi connectivity index (χ3v) is 6.85. The van der Waals surface area contributed by atoms with E-state index in [-0.39, 0.29) is 17.9 Å². The van der Waals surface area contributed by atoms with E-state index in [1.54, 1.807) is 13.8 Å². The molecule has 32 heavy (non-hydrogen) atoms. The molecule has 0 saturated carbocycles. The molecule has 0 unspecified atom stereocenters. The molecule has 0 spiro atoms. The Labute approximate surface area is 185 Å². The Bertz CT molecular complexity index is 1280. The number of hydrogen-bond donors (Lipinski definition) is 1. The molecule has 2 heterocycles. The van der Waals surface area contributed by atoms with Gasteiger partial charge in [-0.3, -0.25) is 4.79 Å². The number of aryl methyl sites for hydroxylation is 4. The monoisotopic (exact) mass is 438 g/mol. The molecule has 2 atom stereocenters. The molecule has 0 aliphatic heterocycles. The maximum atomic E-state index is 12.8. The molecule has 170 valence electrons. The average molecular weight is 439 g/mol. The summed E-state index contributed by atoms with van der Waals surface area (Å²) in [6.45, 7) is 7.25. The first-order chi connectivity index (χ1) is 15.2. The Kier molecular flexibility index (Phi) is 5.84. The number of nitrogens with one attached hydrogen (secondary N) is 1. The molecule has 1 aliphatic carbocycles. The zero-order chi connectivity index (χ0) is 23.2. The minimum Gasteiger partial charge on any atom is -0.548 e. The highest BCUT2D eigenvalue weighted by atomic mass is 16.4. The fraction of sp³-hybridized carbons (Fsp3) is 0.480. The Morgan fingerprint density at radius 1 is 1.09 bits per heavy atom. The molecule has 2 aromatic heterocycles. The molecule has 0 fully saturated rings. The number of amides is 1. The van der Waals surface area contributed by atoms with Crippen molar-refractivity contribution in [2.24, 2.45) is 5.92 Å². The summed E-state index contributed by atoms with van der Waals surface area (Å²) in [5.74, 6) is -1.17. The summed E-state index contributed by atoms with van der Waals surface area (Å²) in [5, 5.41) is 15.7. The van der Waals surface area contributed by atoms with Crippen molar-refractivity contribution in [3.8, 4) is 0 Å². The van der Waals surface area contributed by atoms with E-state index >= 15 is 0 Å². The summed E-state index contributed by atoms with van der Waals surface area (Å²) < 4.78 is 11.8. The number of carboxylic acid groups (broad SMARTS) is 1. The van der Waals surface area contributed by atoms with Crippen LogP contribution in [0.1, 0.15) is 61.1 Å². The molecule has 7 nitrogen and oxygen atoms in total. The Morgan fingerprint density at radius 3 is 2.47 bits per heavy atom. The first-order valence-electron chi connectivity index (χ1n) is 11.2.